The van der Waals surface area contributed by atoms with Crippen LogP contribution in [0.15, 0.2) is 24.5 Å². The quantitative estimate of drug-likeness (QED) is 0.689. The lowest BCUT2D eigenvalue weighted by Gasteiger charge is -2.00. The van der Waals surface area contributed by atoms with E-state index in [1.54, 1.807) is 16.9 Å². The standard InChI is InChI=1S/C10H7ClN4/c1-7-5-13-15(6-7)10-3-8(4-12)2-9(11)14-10/h2-3,5-6H,1H3. The Balaban J connectivity index is 2.54. The first-order valence-corrected chi connectivity index (χ1v) is 4.66. The van der Waals surface area contributed by atoms with Gasteiger partial charge in [0.05, 0.1) is 17.8 Å². The summed E-state index contributed by atoms with van der Waals surface area (Å²) < 4.78 is 1.59. The Labute approximate surface area is 91.7 Å². The van der Waals surface area contributed by atoms with Gasteiger partial charge < -0.3 is 0 Å². The molecule has 0 aromatic carbocycles. The minimum Gasteiger partial charge on any atom is -0.222 e. The van der Waals surface area contributed by atoms with E-state index in [1.807, 2.05) is 19.2 Å². The number of rotatable bonds is 1. The van der Waals surface area contributed by atoms with Crippen molar-refractivity contribution in [3.8, 4) is 11.9 Å². The first-order valence-electron chi connectivity index (χ1n) is 4.28. The Bertz CT molecular complexity index is 539. The molecule has 2 aromatic heterocycles. The molecule has 0 amide bonds. The summed E-state index contributed by atoms with van der Waals surface area (Å²) in [6.45, 7) is 1.93. The number of halogens is 1. The molecule has 0 bridgehead atoms. The predicted octanol–water partition coefficient (Wildman–Crippen LogP) is 2.10. The molecule has 0 atom stereocenters. The van der Waals surface area contributed by atoms with Crippen LogP contribution in [0.2, 0.25) is 5.15 Å². The molecule has 0 spiro atoms. The van der Waals surface area contributed by atoms with Crippen LogP contribution in [0, 0.1) is 18.3 Å². The van der Waals surface area contributed by atoms with Crippen molar-refractivity contribution in [2.24, 2.45) is 0 Å². The Kier molecular flexibility index (Phi) is 2.40. The van der Waals surface area contributed by atoms with Crippen molar-refractivity contribution in [2.75, 3.05) is 0 Å². The van der Waals surface area contributed by atoms with Gasteiger partial charge in [-0.1, -0.05) is 11.6 Å². The monoisotopic (exact) mass is 218 g/mol. The topological polar surface area (TPSA) is 54.5 Å². The molecule has 5 heteroatoms. The number of aromatic nitrogens is 3. The van der Waals surface area contributed by atoms with Gasteiger partial charge in [-0.05, 0) is 18.6 Å². The van der Waals surface area contributed by atoms with Crippen LogP contribution in [-0.2, 0) is 0 Å². The van der Waals surface area contributed by atoms with E-state index >= 15 is 0 Å². The fraction of sp³-hybridized carbons (Fsp3) is 0.100. The maximum atomic E-state index is 8.77. The van der Waals surface area contributed by atoms with E-state index in [2.05, 4.69) is 10.1 Å². The molecule has 0 aliphatic carbocycles. The maximum Gasteiger partial charge on any atom is 0.156 e. The van der Waals surface area contributed by atoms with E-state index in [0.29, 0.717) is 11.4 Å². The number of nitrogens with zero attached hydrogens (tertiary/aromatic N) is 4. The van der Waals surface area contributed by atoms with Crippen LogP contribution in [-0.4, -0.2) is 14.8 Å². The molecule has 0 unspecified atom stereocenters. The predicted molar refractivity (Wildman–Crippen MR) is 55.8 cm³/mol. The Hall–Kier alpha value is -1.86. The highest BCUT2D eigenvalue weighted by molar-refractivity contribution is 6.29. The average molecular weight is 219 g/mol. The number of hydrogen-bond donors (Lipinski definition) is 0. The first kappa shape index (κ1) is 9.69. The molecule has 0 fully saturated rings. The minimum absolute atomic E-state index is 0.289. The molecule has 74 valence electrons. The van der Waals surface area contributed by atoms with Gasteiger partial charge in [0.1, 0.15) is 5.15 Å². The third kappa shape index (κ3) is 1.97. The Morgan fingerprint density at radius 1 is 1.47 bits per heavy atom. The van der Waals surface area contributed by atoms with E-state index < -0.39 is 0 Å². The van der Waals surface area contributed by atoms with Gasteiger partial charge in [0.15, 0.2) is 5.82 Å². The van der Waals surface area contributed by atoms with Crippen LogP contribution in [0.5, 0.6) is 0 Å². The number of aryl methyl sites for hydroxylation is 1. The summed E-state index contributed by atoms with van der Waals surface area (Å²) in [6, 6.07) is 5.17. The van der Waals surface area contributed by atoms with Crippen LogP contribution in [0.3, 0.4) is 0 Å². The SMILES string of the molecule is Cc1cnn(-c2cc(C#N)cc(Cl)n2)c1. The van der Waals surface area contributed by atoms with Gasteiger partial charge in [-0.25, -0.2) is 9.67 Å². The normalized spacial score (nSPS) is 9.93. The van der Waals surface area contributed by atoms with Crippen molar-refractivity contribution in [1.29, 1.82) is 5.26 Å². The van der Waals surface area contributed by atoms with Gasteiger partial charge in [0, 0.05) is 12.3 Å². The van der Waals surface area contributed by atoms with Gasteiger partial charge in [0.2, 0.25) is 0 Å². The lowest BCUT2D eigenvalue weighted by Crippen LogP contribution is -1.98. The molecule has 0 saturated carbocycles. The highest BCUT2D eigenvalue weighted by Gasteiger charge is 2.03. The van der Waals surface area contributed by atoms with E-state index in [4.69, 9.17) is 16.9 Å². The van der Waals surface area contributed by atoms with Gasteiger partial charge in [-0.15, -0.1) is 0 Å². The second-order valence-corrected chi connectivity index (χ2v) is 3.50. The van der Waals surface area contributed by atoms with Crippen LogP contribution >= 0.6 is 11.6 Å². The van der Waals surface area contributed by atoms with Crippen LogP contribution in [0.25, 0.3) is 5.82 Å². The third-order valence-corrected chi connectivity index (χ3v) is 2.05. The van der Waals surface area contributed by atoms with Crippen molar-refractivity contribution in [2.45, 2.75) is 6.92 Å². The lowest BCUT2D eigenvalue weighted by atomic mass is 10.3. The van der Waals surface area contributed by atoms with Crippen molar-refractivity contribution < 1.29 is 0 Å². The zero-order valence-electron chi connectivity index (χ0n) is 7.98. The largest absolute Gasteiger partial charge is 0.222 e. The van der Waals surface area contributed by atoms with E-state index in [0.717, 1.165) is 5.56 Å². The molecule has 2 heterocycles. The molecule has 4 nitrogen and oxygen atoms in total. The molecule has 2 rings (SSSR count). The number of hydrogen-bond acceptors (Lipinski definition) is 3. The summed E-state index contributed by atoms with van der Waals surface area (Å²) in [5, 5.41) is 13.2. The van der Waals surface area contributed by atoms with Gasteiger partial charge in [-0.3, -0.25) is 0 Å². The zero-order valence-corrected chi connectivity index (χ0v) is 8.73. The highest BCUT2D eigenvalue weighted by Crippen LogP contribution is 2.13. The Morgan fingerprint density at radius 2 is 2.27 bits per heavy atom. The molecule has 0 radical (unpaired) electrons. The summed E-state index contributed by atoms with van der Waals surface area (Å²) >= 11 is 5.78. The first-order chi connectivity index (χ1) is 7.19. The second kappa shape index (κ2) is 3.71. The zero-order chi connectivity index (χ0) is 10.8. The van der Waals surface area contributed by atoms with E-state index in [9.17, 15) is 0 Å². The van der Waals surface area contributed by atoms with Crippen LogP contribution in [0.4, 0.5) is 0 Å². The summed E-state index contributed by atoms with van der Waals surface area (Å²) in [5.41, 5.74) is 1.49. The lowest BCUT2D eigenvalue weighted by molar-refractivity contribution is 0.846. The van der Waals surface area contributed by atoms with E-state index in [1.165, 1.54) is 6.07 Å². The Morgan fingerprint density at radius 3 is 2.87 bits per heavy atom. The molecule has 0 N–H and O–H groups in total. The van der Waals surface area contributed by atoms with Crippen LogP contribution < -0.4 is 0 Å². The van der Waals surface area contributed by atoms with Crippen LogP contribution in [0.1, 0.15) is 11.1 Å². The molecule has 0 aliphatic rings. The maximum absolute atomic E-state index is 8.77. The van der Waals surface area contributed by atoms with Gasteiger partial charge in [0.25, 0.3) is 0 Å². The summed E-state index contributed by atoms with van der Waals surface area (Å²) in [7, 11) is 0. The van der Waals surface area contributed by atoms with Crippen molar-refractivity contribution in [1.82, 2.24) is 14.8 Å². The fourth-order valence-electron chi connectivity index (χ4n) is 1.20. The summed E-state index contributed by atoms with van der Waals surface area (Å²) in [6.07, 6.45) is 3.54. The third-order valence-electron chi connectivity index (χ3n) is 1.86. The number of pyridine rings is 1. The second-order valence-electron chi connectivity index (χ2n) is 3.11. The van der Waals surface area contributed by atoms with Crippen molar-refractivity contribution >= 4 is 11.6 Å². The molecular weight excluding hydrogens is 212 g/mol. The highest BCUT2D eigenvalue weighted by atomic mass is 35.5. The molecular formula is C10H7ClN4. The van der Waals surface area contributed by atoms with Crippen molar-refractivity contribution in [3.63, 3.8) is 0 Å². The van der Waals surface area contributed by atoms with Gasteiger partial charge in [-0.2, -0.15) is 10.4 Å². The molecule has 0 aliphatic heterocycles. The summed E-state index contributed by atoms with van der Waals surface area (Å²) in [5.74, 6) is 0.548. The van der Waals surface area contributed by atoms with Crippen molar-refractivity contribution in [3.05, 3.63) is 40.8 Å². The van der Waals surface area contributed by atoms with E-state index in [-0.39, 0.29) is 5.15 Å². The smallest absolute Gasteiger partial charge is 0.156 e. The number of nitriles is 1. The minimum atomic E-state index is 0.289. The van der Waals surface area contributed by atoms with Gasteiger partial charge >= 0.3 is 0 Å². The fourth-order valence-corrected chi connectivity index (χ4v) is 1.41. The molecule has 2 aromatic rings. The molecule has 15 heavy (non-hydrogen) atoms. The average Bonchev–Trinajstić information content (AvgIpc) is 2.64. The summed E-state index contributed by atoms with van der Waals surface area (Å²) in [4.78, 5) is 4.08. The molecule has 0 saturated heterocycles.